The molecule has 0 aliphatic carbocycles. The zero-order chi connectivity index (χ0) is 17.6. The van der Waals surface area contributed by atoms with Gasteiger partial charge in [0.1, 0.15) is 0 Å². The molecule has 0 heterocycles. The highest BCUT2D eigenvalue weighted by molar-refractivity contribution is 6.81. The molecule has 0 radical (unpaired) electrons. The molecule has 0 nitrogen and oxygen atoms in total. The molecule has 0 saturated carbocycles. The van der Waals surface area contributed by atoms with Crippen LogP contribution in [-0.4, -0.2) is 16.8 Å². The molecule has 1 aromatic carbocycles. The molecule has 0 fully saturated rings. The minimum Gasteiger partial charge on any atom is -0.0946 e. The van der Waals surface area contributed by atoms with Gasteiger partial charge in [-0.1, -0.05) is 158 Å². The van der Waals surface area contributed by atoms with Gasteiger partial charge in [0.2, 0.25) is 8.13 Å². The molecule has 22 heavy (non-hydrogen) atoms. The smallest absolute Gasteiger partial charge is 0.0946 e. The molecular weight excluding hydrogens is 522 g/mol. The van der Waals surface area contributed by atoms with Crippen LogP contribution in [0.1, 0.15) is 5.56 Å². The fraction of sp³-hybridized carbons (Fsp3) is 0.455. The van der Waals surface area contributed by atoms with Gasteiger partial charge >= 0.3 is 0 Å². The van der Waals surface area contributed by atoms with Crippen molar-refractivity contribution in [3.63, 3.8) is 0 Å². The lowest BCUT2D eigenvalue weighted by atomic mass is 10.0. The van der Waals surface area contributed by atoms with Crippen molar-refractivity contribution in [2.24, 2.45) is 0 Å². The van der Waals surface area contributed by atoms with Crippen LogP contribution in [-0.2, 0) is 4.33 Å². The maximum Gasteiger partial charge on any atom is 0.226 e. The molecule has 11 heteroatoms. The van der Waals surface area contributed by atoms with Gasteiger partial charge in [0.25, 0.3) is 0 Å². The van der Waals surface area contributed by atoms with Gasteiger partial charge in [-0.25, -0.2) is 0 Å². The van der Waals surface area contributed by atoms with Gasteiger partial charge < -0.3 is 0 Å². The summed E-state index contributed by atoms with van der Waals surface area (Å²) in [5.74, 6) is 0. The van der Waals surface area contributed by atoms with Crippen molar-refractivity contribution in [3.05, 3.63) is 35.9 Å². The molecule has 0 saturated heterocycles. The Morgan fingerprint density at radius 1 is 0.500 bits per heavy atom. The molecule has 0 atom stereocenters. The van der Waals surface area contributed by atoms with Crippen LogP contribution in [0.25, 0.3) is 0 Å². The van der Waals surface area contributed by atoms with Crippen LogP contribution < -0.4 is 0 Å². The topological polar surface area (TPSA) is 0 Å². The first-order chi connectivity index (χ1) is 9.61. The molecule has 0 unspecified atom stereocenters. The summed E-state index contributed by atoms with van der Waals surface area (Å²) < 4.78 is -11.7. The molecular formula is C11H5Cl11. The van der Waals surface area contributed by atoms with Crippen molar-refractivity contribution in [1.29, 1.82) is 0 Å². The molecule has 0 spiro atoms. The Kier molecular flexibility index (Phi) is 7.35. The molecule has 1 rings (SSSR count). The standard InChI is InChI=1S/C11H5Cl11/c12-7(13,6-4-2-1-3-5-6)8(14,15)9(16,17)10(18,19)11(20,21)22/h1-5H. The van der Waals surface area contributed by atoms with Crippen LogP contribution in [0.5, 0.6) is 0 Å². The van der Waals surface area contributed by atoms with Crippen LogP contribution in [0.15, 0.2) is 30.3 Å². The highest BCUT2D eigenvalue weighted by atomic mass is 35.6. The third kappa shape index (κ3) is 3.74. The van der Waals surface area contributed by atoms with Crippen molar-refractivity contribution in [2.45, 2.75) is 21.1 Å². The van der Waals surface area contributed by atoms with Crippen LogP contribution in [0.3, 0.4) is 0 Å². The first-order valence-corrected chi connectivity index (χ1v) is 9.40. The van der Waals surface area contributed by atoms with E-state index in [-0.39, 0.29) is 5.56 Å². The number of alkyl halides is 11. The maximum absolute atomic E-state index is 6.28. The summed E-state index contributed by atoms with van der Waals surface area (Å²) in [6, 6.07) is 8.10. The van der Waals surface area contributed by atoms with Gasteiger partial charge in [-0.05, 0) is 5.56 Å². The first-order valence-electron chi connectivity index (χ1n) is 5.24. The van der Waals surface area contributed by atoms with Crippen molar-refractivity contribution >= 4 is 128 Å². The molecule has 0 aliphatic heterocycles. The summed E-state index contributed by atoms with van der Waals surface area (Å²) in [4.78, 5) is 0. The average Bonchev–Trinajstić information content (AvgIpc) is 2.37. The first kappa shape index (κ1) is 22.5. The SMILES string of the molecule is ClC(Cl)(Cl)C(Cl)(Cl)C(Cl)(Cl)C(Cl)(Cl)C(Cl)(Cl)c1ccccc1. The molecule has 1 aromatic rings. The fourth-order valence-corrected chi connectivity index (χ4v) is 4.39. The summed E-state index contributed by atoms with van der Waals surface area (Å²) in [6.07, 6.45) is 0. The lowest BCUT2D eigenvalue weighted by Crippen LogP contribution is -2.61. The predicted octanol–water partition coefficient (Wildman–Crippen LogP) is 8.21. The number of hydrogen-bond donors (Lipinski definition) is 0. The van der Waals surface area contributed by atoms with Gasteiger partial charge in [-0.3, -0.25) is 0 Å². The number of rotatable bonds is 4. The van der Waals surface area contributed by atoms with E-state index < -0.39 is 21.1 Å². The normalized spacial score (nSPS) is 15.0. The minimum absolute atomic E-state index is 0.280. The molecule has 0 amide bonds. The summed E-state index contributed by atoms with van der Waals surface area (Å²) >= 11 is 66.5. The van der Waals surface area contributed by atoms with E-state index in [1.54, 1.807) is 30.3 Å². The van der Waals surface area contributed by atoms with Crippen molar-refractivity contribution in [3.8, 4) is 0 Å². The highest BCUT2D eigenvalue weighted by Gasteiger charge is 2.73. The Labute approximate surface area is 183 Å². The van der Waals surface area contributed by atoms with Gasteiger partial charge in [-0.15, -0.1) is 0 Å². The van der Waals surface area contributed by atoms with Crippen LogP contribution in [0.2, 0.25) is 0 Å². The van der Waals surface area contributed by atoms with E-state index in [4.69, 9.17) is 128 Å². The van der Waals surface area contributed by atoms with Gasteiger partial charge in [-0.2, -0.15) is 0 Å². The lowest BCUT2D eigenvalue weighted by Gasteiger charge is -2.48. The average molecular weight is 527 g/mol. The van der Waals surface area contributed by atoms with E-state index in [0.717, 1.165) is 0 Å². The van der Waals surface area contributed by atoms with Crippen molar-refractivity contribution in [1.82, 2.24) is 0 Å². The van der Waals surface area contributed by atoms with E-state index >= 15 is 0 Å². The van der Waals surface area contributed by atoms with E-state index in [2.05, 4.69) is 0 Å². The second kappa shape index (κ2) is 7.20. The van der Waals surface area contributed by atoms with Crippen molar-refractivity contribution < 1.29 is 0 Å². The highest BCUT2D eigenvalue weighted by Crippen LogP contribution is 2.68. The van der Waals surface area contributed by atoms with Crippen LogP contribution in [0.4, 0.5) is 0 Å². The van der Waals surface area contributed by atoms with Crippen molar-refractivity contribution in [2.75, 3.05) is 0 Å². The second-order valence-electron chi connectivity index (χ2n) is 4.16. The third-order valence-corrected chi connectivity index (χ3v) is 9.67. The number of hydrogen-bond acceptors (Lipinski definition) is 0. The van der Waals surface area contributed by atoms with Crippen LogP contribution in [0, 0.1) is 0 Å². The predicted molar refractivity (Wildman–Crippen MR) is 103 cm³/mol. The van der Waals surface area contributed by atoms with Crippen LogP contribution >= 0.6 is 128 Å². The summed E-state index contributed by atoms with van der Waals surface area (Å²) in [5.41, 5.74) is 0.280. The van der Waals surface area contributed by atoms with E-state index in [9.17, 15) is 0 Å². The Morgan fingerprint density at radius 2 is 0.909 bits per heavy atom. The fourth-order valence-electron chi connectivity index (χ4n) is 1.40. The van der Waals surface area contributed by atoms with E-state index in [1.807, 2.05) is 0 Å². The zero-order valence-electron chi connectivity index (χ0n) is 10.0. The molecule has 0 N–H and O–H groups in total. The third-order valence-electron chi connectivity index (χ3n) is 2.68. The molecule has 0 aromatic heterocycles. The molecule has 0 aliphatic rings. The zero-order valence-corrected chi connectivity index (χ0v) is 18.4. The lowest BCUT2D eigenvalue weighted by molar-refractivity contribution is 0.540. The van der Waals surface area contributed by atoms with Gasteiger partial charge in [0, 0.05) is 0 Å². The van der Waals surface area contributed by atoms with Gasteiger partial charge in [0.05, 0.1) is 0 Å². The Bertz CT molecular complexity index is 515. The number of benzene rings is 1. The second-order valence-corrected chi connectivity index (χ2v) is 11.8. The summed E-state index contributed by atoms with van der Waals surface area (Å²) in [5, 5.41) is 0. The van der Waals surface area contributed by atoms with E-state index in [1.165, 1.54) is 0 Å². The Hall–Kier alpha value is 2.41. The van der Waals surface area contributed by atoms with E-state index in [0.29, 0.717) is 0 Å². The monoisotopic (exact) mass is 522 g/mol. The Balaban J connectivity index is 3.45. The minimum atomic E-state index is -2.49. The number of halogens is 11. The largest absolute Gasteiger partial charge is 0.226 e. The molecule has 0 bridgehead atoms. The molecule has 126 valence electrons. The van der Waals surface area contributed by atoms with Gasteiger partial charge in [0.15, 0.2) is 13.0 Å². The summed E-state index contributed by atoms with van der Waals surface area (Å²) in [6.45, 7) is 0. The quantitative estimate of drug-likeness (QED) is 0.347. The summed E-state index contributed by atoms with van der Waals surface area (Å²) in [7, 11) is 0. The Morgan fingerprint density at radius 3 is 1.27 bits per heavy atom. The maximum atomic E-state index is 6.28.